The minimum atomic E-state index is -0.153. The fourth-order valence-electron chi connectivity index (χ4n) is 2.42. The molecule has 0 fully saturated rings. The molecule has 0 aromatic heterocycles. The van der Waals surface area contributed by atoms with Crippen LogP contribution in [0.3, 0.4) is 0 Å². The van der Waals surface area contributed by atoms with Crippen LogP contribution in [-0.4, -0.2) is 30.1 Å². The summed E-state index contributed by atoms with van der Waals surface area (Å²) in [7, 11) is 0. The van der Waals surface area contributed by atoms with Gasteiger partial charge in [0.25, 0.3) is 0 Å². The minimum Gasteiger partial charge on any atom is -0.465 e. The predicted molar refractivity (Wildman–Crippen MR) is 112 cm³/mol. The van der Waals surface area contributed by atoms with E-state index >= 15 is 0 Å². The van der Waals surface area contributed by atoms with Crippen LogP contribution in [0.2, 0.25) is 0 Å². The average Bonchev–Trinajstić information content (AvgIpc) is 2.69. The number of rotatable bonds is 15. The highest BCUT2D eigenvalue weighted by Gasteiger charge is 2.13. The van der Waals surface area contributed by atoms with Crippen molar-refractivity contribution >= 4 is 23.7 Å². The van der Waals surface area contributed by atoms with E-state index in [-0.39, 0.29) is 17.9 Å². The third-order valence-electron chi connectivity index (χ3n) is 4.17. The van der Waals surface area contributed by atoms with Crippen molar-refractivity contribution in [1.29, 1.82) is 0 Å². The maximum Gasteiger partial charge on any atom is 0.309 e. The lowest BCUT2D eigenvalue weighted by atomic mass is 10.1. The normalized spacial score (nSPS) is 11.8. The van der Waals surface area contributed by atoms with Gasteiger partial charge in [-0.25, -0.2) is 0 Å². The Morgan fingerprint density at radius 3 is 2.48 bits per heavy atom. The molecule has 0 aliphatic heterocycles. The number of unbranched alkanes of at least 4 members (excludes halogenated alkanes) is 4. The molecule has 1 atom stereocenters. The van der Waals surface area contributed by atoms with Gasteiger partial charge in [-0.2, -0.15) is 11.8 Å². The molecule has 1 aromatic rings. The molecule has 1 unspecified atom stereocenters. The topological polar surface area (TPSA) is 52.6 Å². The molecule has 0 heterocycles. The van der Waals surface area contributed by atoms with E-state index in [0.717, 1.165) is 42.8 Å². The summed E-state index contributed by atoms with van der Waals surface area (Å²) in [5, 5.41) is 0. The highest BCUT2D eigenvalue weighted by atomic mass is 32.2. The molecule has 4 nitrogen and oxygen atoms in total. The molecule has 0 aliphatic carbocycles. The Kier molecular flexibility index (Phi) is 13.6. The van der Waals surface area contributed by atoms with Crippen molar-refractivity contribution in [3.63, 3.8) is 0 Å². The fourth-order valence-corrected chi connectivity index (χ4v) is 3.57. The second-order valence-electron chi connectivity index (χ2n) is 6.81. The number of benzene rings is 1. The molecule has 0 bridgehead atoms. The third-order valence-corrected chi connectivity index (χ3v) is 5.49. The summed E-state index contributed by atoms with van der Waals surface area (Å²) in [6.45, 7) is 4.92. The van der Waals surface area contributed by atoms with Crippen molar-refractivity contribution in [3.05, 3.63) is 35.9 Å². The number of hydrogen-bond acceptors (Lipinski definition) is 5. The monoisotopic (exact) mass is 394 g/mol. The van der Waals surface area contributed by atoms with Gasteiger partial charge in [0, 0.05) is 12.2 Å². The largest absolute Gasteiger partial charge is 0.465 e. The van der Waals surface area contributed by atoms with E-state index in [1.807, 2.05) is 49.0 Å². The molecular formula is C22H34O4S. The van der Waals surface area contributed by atoms with Gasteiger partial charge in [-0.1, -0.05) is 63.4 Å². The summed E-state index contributed by atoms with van der Waals surface area (Å²) >= 11 is 1.83. The lowest BCUT2D eigenvalue weighted by Gasteiger charge is -2.11. The van der Waals surface area contributed by atoms with E-state index in [9.17, 15) is 9.59 Å². The van der Waals surface area contributed by atoms with Crippen molar-refractivity contribution in [1.82, 2.24) is 0 Å². The molecule has 5 heteroatoms. The molecular weight excluding hydrogens is 360 g/mol. The fraction of sp³-hybridized carbons (Fsp3) is 0.636. The SMILES string of the molecule is CCCCSCC(C)C(=O)OCCCCCCC(=O)OCc1ccccc1. The summed E-state index contributed by atoms with van der Waals surface area (Å²) < 4.78 is 10.6. The quantitative estimate of drug-likeness (QED) is 0.295. The zero-order valence-electron chi connectivity index (χ0n) is 16.8. The minimum absolute atomic E-state index is 0.0359. The first kappa shape index (κ1) is 23.5. The van der Waals surface area contributed by atoms with E-state index in [2.05, 4.69) is 6.92 Å². The molecule has 1 rings (SSSR count). The zero-order chi connectivity index (χ0) is 19.7. The van der Waals surface area contributed by atoms with Gasteiger partial charge in [0.2, 0.25) is 0 Å². The number of carbonyl (C=O) groups is 2. The van der Waals surface area contributed by atoms with Crippen LogP contribution >= 0.6 is 11.8 Å². The van der Waals surface area contributed by atoms with Crippen molar-refractivity contribution in [2.24, 2.45) is 5.92 Å². The van der Waals surface area contributed by atoms with Crippen LogP contribution in [0, 0.1) is 5.92 Å². The molecule has 1 aromatic carbocycles. The van der Waals surface area contributed by atoms with Gasteiger partial charge < -0.3 is 9.47 Å². The maximum atomic E-state index is 11.9. The summed E-state index contributed by atoms with van der Waals surface area (Å²) in [5.41, 5.74) is 1.01. The van der Waals surface area contributed by atoms with Crippen LogP contribution < -0.4 is 0 Å². The van der Waals surface area contributed by atoms with E-state index in [4.69, 9.17) is 9.47 Å². The number of thioether (sulfide) groups is 1. The summed E-state index contributed by atoms with van der Waals surface area (Å²) in [4.78, 5) is 23.6. The lowest BCUT2D eigenvalue weighted by molar-refractivity contribution is -0.147. The highest BCUT2D eigenvalue weighted by molar-refractivity contribution is 7.99. The predicted octanol–water partition coefficient (Wildman–Crippen LogP) is 5.39. The van der Waals surface area contributed by atoms with Gasteiger partial charge in [0.15, 0.2) is 0 Å². The second-order valence-corrected chi connectivity index (χ2v) is 7.96. The molecule has 0 spiro atoms. The van der Waals surface area contributed by atoms with Crippen molar-refractivity contribution < 1.29 is 19.1 Å². The number of hydrogen-bond donors (Lipinski definition) is 0. The number of carbonyl (C=O) groups excluding carboxylic acids is 2. The first-order valence-electron chi connectivity index (χ1n) is 10.1. The highest BCUT2D eigenvalue weighted by Crippen LogP contribution is 2.12. The van der Waals surface area contributed by atoms with Gasteiger partial charge in [-0.15, -0.1) is 0 Å². The molecule has 0 saturated heterocycles. The Labute approximate surface area is 168 Å². The lowest BCUT2D eigenvalue weighted by Crippen LogP contribution is -2.17. The third kappa shape index (κ3) is 12.5. The molecule has 0 N–H and O–H groups in total. The van der Waals surface area contributed by atoms with Crippen LogP contribution in [0.15, 0.2) is 30.3 Å². The Morgan fingerprint density at radius 1 is 1.00 bits per heavy atom. The van der Waals surface area contributed by atoms with Crippen LogP contribution in [0.5, 0.6) is 0 Å². The van der Waals surface area contributed by atoms with Crippen molar-refractivity contribution in [3.8, 4) is 0 Å². The number of ether oxygens (including phenoxy) is 2. The first-order valence-corrected chi connectivity index (χ1v) is 11.2. The van der Waals surface area contributed by atoms with Gasteiger partial charge in [0.1, 0.15) is 6.61 Å². The van der Waals surface area contributed by atoms with Crippen LogP contribution in [0.1, 0.15) is 64.4 Å². The van der Waals surface area contributed by atoms with E-state index in [1.165, 1.54) is 12.8 Å². The van der Waals surface area contributed by atoms with E-state index < -0.39 is 0 Å². The second kappa shape index (κ2) is 15.6. The molecule has 0 amide bonds. The summed E-state index contributed by atoms with van der Waals surface area (Å²) in [5.74, 6) is 1.67. The Balaban J connectivity index is 1.94. The smallest absolute Gasteiger partial charge is 0.309 e. The van der Waals surface area contributed by atoms with Crippen molar-refractivity contribution in [2.45, 2.75) is 65.4 Å². The molecule has 0 radical (unpaired) electrons. The van der Waals surface area contributed by atoms with Crippen LogP contribution in [0.25, 0.3) is 0 Å². The molecule has 27 heavy (non-hydrogen) atoms. The van der Waals surface area contributed by atoms with Gasteiger partial charge in [0.05, 0.1) is 12.5 Å². The van der Waals surface area contributed by atoms with Crippen LogP contribution in [-0.2, 0) is 25.7 Å². The number of esters is 2. The standard InChI is InChI=1S/C22H34O4S/c1-3-4-16-27-18-19(2)22(24)25-15-11-6-5-10-14-21(23)26-17-20-12-8-7-9-13-20/h7-9,12-13,19H,3-6,10-11,14-18H2,1-2H3. The summed E-state index contributed by atoms with van der Waals surface area (Å²) in [6.07, 6.45) is 6.40. The van der Waals surface area contributed by atoms with Crippen molar-refractivity contribution in [2.75, 3.05) is 18.1 Å². The Hall–Kier alpha value is -1.49. The van der Waals surface area contributed by atoms with Gasteiger partial charge in [-0.05, 0) is 30.6 Å². The molecule has 152 valence electrons. The molecule has 0 aliphatic rings. The zero-order valence-corrected chi connectivity index (χ0v) is 17.6. The van der Waals surface area contributed by atoms with E-state index in [1.54, 1.807) is 0 Å². The molecule has 0 saturated carbocycles. The Bertz CT molecular complexity index is 518. The average molecular weight is 395 g/mol. The van der Waals surface area contributed by atoms with E-state index in [0.29, 0.717) is 19.6 Å². The summed E-state index contributed by atoms with van der Waals surface area (Å²) in [6, 6.07) is 9.69. The van der Waals surface area contributed by atoms with Gasteiger partial charge >= 0.3 is 11.9 Å². The first-order chi connectivity index (χ1) is 13.1. The maximum absolute atomic E-state index is 11.9. The van der Waals surface area contributed by atoms with Gasteiger partial charge in [-0.3, -0.25) is 9.59 Å². The van der Waals surface area contributed by atoms with Crippen LogP contribution in [0.4, 0.5) is 0 Å². The Morgan fingerprint density at radius 2 is 1.74 bits per heavy atom.